The van der Waals surface area contributed by atoms with Crippen LogP contribution in [0.3, 0.4) is 0 Å². The van der Waals surface area contributed by atoms with E-state index < -0.39 is 0 Å². The summed E-state index contributed by atoms with van der Waals surface area (Å²) in [6.45, 7) is 1.23. The predicted octanol–water partition coefficient (Wildman–Crippen LogP) is 3.74. The molecule has 0 bridgehead atoms. The summed E-state index contributed by atoms with van der Waals surface area (Å²) in [4.78, 5) is 0. The second kappa shape index (κ2) is 3.51. The second-order valence-corrected chi connectivity index (χ2v) is 4.30. The van der Waals surface area contributed by atoms with Gasteiger partial charge in [-0.05, 0) is 15.9 Å². The Morgan fingerprint density at radius 1 is 1.07 bits per heavy atom. The normalized spacial score (nSPS) is 14.2. The molecule has 3 heteroatoms. The van der Waals surface area contributed by atoms with Crippen molar-refractivity contribution >= 4 is 15.9 Å². The van der Waals surface area contributed by atoms with Gasteiger partial charge < -0.3 is 9.15 Å². The fourth-order valence-corrected chi connectivity index (χ4v) is 2.42. The minimum absolute atomic E-state index is 0.584. The number of benzene rings is 1. The molecule has 0 aliphatic carbocycles. The number of ether oxygens (including phenoxy) is 1. The Balaban J connectivity index is 2.14. The second-order valence-electron chi connectivity index (χ2n) is 3.51. The van der Waals surface area contributed by atoms with Gasteiger partial charge in [-0.1, -0.05) is 30.3 Å². The summed E-state index contributed by atoms with van der Waals surface area (Å²) in [6, 6.07) is 10.1. The van der Waals surface area contributed by atoms with Crippen LogP contribution in [0.15, 0.2) is 39.2 Å². The van der Waals surface area contributed by atoms with Crippen molar-refractivity contribution in [3.63, 3.8) is 0 Å². The van der Waals surface area contributed by atoms with Crippen molar-refractivity contribution in [2.24, 2.45) is 0 Å². The topological polar surface area (TPSA) is 22.4 Å². The van der Waals surface area contributed by atoms with Crippen LogP contribution in [0.4, 0.5) is 0 Å². The Morgan fingerprint density at radius 3 is 2.60 bits per heavy atom. The summed E-state index contributed by atoms with van der Waals surface area (Å²) in [6.07, 6.45) is 0. The van der Waals surface area contributed by atoms with E-state index in [2.05, 4.69) is 15.9 Å². The Hall–Kier alpha value is -1.06. The molecule has 1 aromatic heterocycles. The highest BCUT2D eigenvalue weighted by atomic mass is 79.9. The average Bonchev–Trinajstić information content (AvgIpc) is 2.83. The molecule has 1 aliphatic heterocycles. The summed E-state index contributed by atoms with van der Waals surface area (Å²) < 4.78 is 12.1. The molecular weight excluding hydrogens is 256 g/mol. The summed E-state index contributed by atoms with van der Waals surface area (Å²) in [7, 11) is 0. The zero-order chi connectivity index (χ0) is 10.3. The van der Waals surface area contributed by atoms with Crippen molar-refractivity contribution < 1.29 is 9.15 Å². The third-order valence-electron chi connectivity index (χ3n) is 2.54. The summed E-state index contributed by atoms with van der Waals surface area (Å²) in [5.74, 6) is 1.85. The van der Waals surface area contributed by atoms with E-state index in [1.165, 1.54) is 0 Å². The fourth-order valence-electron chi connectivity index (χ4n) is 1.77. The maximum Gasteiger partial charge on any atom is 0.148 e. The first-order valence-corrected chi connectivity index (χ1v) is 5.59. The highest BCUT2D eigenvalue weighted by molar-refractivity contribution is 9.10. The molecule has 15 heavy (non-hydrogen) atoms. The minimum atomic E-state index is 0.584. The van der Waals surface area contributed by atoms with Gasteiger partial charge in [0.2, 0.25) is 0 Å². The Labute approximate surface area is 96.0 Å². The van der Waals surface area contributed by atoms with E-state index in [0.717, 1.165) is 27.1 Å². The van der Waals surface area contributed by atoms with Crippen LogP contribution in [-0.2, 0) is 18.0 Å². The van der Waals surface area contributed by atoms with Gasteiger partial charge in [-0.2, -0.15) is 0 Å². The highest BCUT2D eigenvalue weighted by Gasteiger charge is 2.23. The number of fused-ring (bicyclic) bond motifs is 1. The van der Waals surface area contributed by atoms with Crippen LogP contribution >= 0.6 is 15.9 Å². The smallest absolute Gasteiger partial charge is 0.148 e. The molecule has 2 nitrogen and oxygen atoms in total. The predicted molar refractivity (Wildman–Crippen MR) is 60.3 cm³/mol. The van der Waals surface area contributed by atoms with Crippen LogP contribution in [0.1, 0.15) is 11.3 Å². The third kappa shape index (κ3) is 1.43. The SMILES string of the molecule is Brc1c(-c2ccccc2)oc2c1COC2. The first-order valence-electron chi connectivity index (χ1n) is 4.79. The first-order chi connectivity index (χ1) is 7.36. The van der Waals surface area contributed by atoms with Crippen LogP contribution in [-0.4, -0.2) is 0 Å². The van der Waals surface area contributed by atoms with Crippen LogP contribution in [0, 0.1) is 0 Å². The van der Waals surface area contributed by atoms with Gasteiger partial charge in [0, 0.05) is 11.1 Å². The molecule has 0 unspecified atom stereocenters. The van der Waals surface area contributed by atoms with Gasteiger partial charge in [-0.25, -0.2) is 0 Å². The standard InChI is InChI=1S/C12H9BrO2/c13-11-9-6-14-7-10(9)15-12(11)8-4-2-1-3-5-8/h1-5H,6-7H2. The molecule has 0 N–H and O–H groups in total. The summed E-state index contributed by atoms with van der Waals surface area (Å²) >= 11 is 3.57. The van der Waals surface area contributed by atoms with Gasteiger partial charge in [0.25, 0.3) is 0 Å². The zero-order valence-electron chi connectivity index (χ0n) is 8.00. The van der Waals surface area contributed by atoms with Gasteiger partial charge in [0.1, 0.15) is 18.1 Å². The molecular formula is C12H9BrO2. The van der Waals surface area contributed by atoms with E-state index in [1.807, 2.05) is 30.3 Å². The van der Waals surface area contributed by atoms with Crippen molar-refractivity contribution in [2.75, 3.05) is 0 Å². The van der Waals surface area contributed by atoms with Gasteiger partial charge in [0.15, 0.2) is 0 Å². The average molecular weight is 265 g/mol. The molecule has 3 rings (SSSR count). The first kappa shape index (κ1) is 9.19. The molecule has 0 amide bonds. The zero-order valence-corrected chi connectivity index (χ0v) is 9.58. The van der Waals surface area contributed by atoms with Gasteiger partial charge in [0.05, 0.1) is 11.1 Å². The van der Waals surface area contributed by atoms with Crippen molar-refractivity contribution in [3.05, 3.63) is 46.1 Å². The lowest BCUT2D eigenvalue weighted by atomic mass is 10.1. The molecule has 1 aliphatic rings. The Morgan fingerprint density at radius 2 is 1.87 bits per heavy atom. The van der Waals surface area contributed by atoms with Gasteiger partial charge in [-0.15, -0.1) is 0 Å². The van der Waals surface area contributed by atoms with Gasteiger partial charge in [-0.3, -0.25) is 0 Å². The fraction of sp³-hybridized carbons (Fsp3) is 0.167. The van der Waals surface area contributed by atoms with Crippen LogP contribution in [0.2, 0.25) is 0 Å². The molecule has 0 fully saturated rings. The number of halogens is 1. The maximum absolute atomic E-state index is 5.77. The molecule has 2 heterocycles. The van der Waals surface area contributed by atoms with E-state index in [1.54, 1.807) is 0 Å². The maximum atomic E-state index is 5.77. The summed E-state index contributed by atoms with van der Waals surface area (Å²) in [5, 5.41) is 0. The Kier molecular flexibility index (Phi) is 2.15. The molecule has 0 saturated carbocycles. The van der Waals surface area contributed by atoms with Crippen molar-refractivity contribution in [1.29, 1.82) is 0 Å². The van der Waals surface area contributed by atoms with Gasteiger partial charge >= 0.3 is 0 Å². The molecule has 0 radical (unpaired) electrons. The quantitative estimate of drug-likeness (QED) is 0.783. The summed E-state index contributed by atoms with van der Waals surface area (Å²) in [5.41, 5.74) is 2.24. The minimum Gasteiger partial charge on any atom is -0.457 e. The number of furan rings is 1. The lowest BCUT2D eigenvalue weighted by Crippen LogP contribution is -1.80. The molecule has 2 aromatic rings. The van der Waals surface area contributed by atoms with Crippen LogP contribution < -0.4 is 0 Å². The van der Waals surface area contributed by atoms with E-state index in [0.29, 0.717) is 13.2 Å². The number of hydrogen-bond donors (Lipinski definition) is 0. The highest BCUT2D eigenvalue weighted by Crippen LogP contribution is 2.39. The van der Waals surface area contributed by atoms with E-state index in [-0.39, 0.29) is 0 Å². The molecule has 0 saturated heterocycles. The molecule has 1 aromatic carbocycles. The monoisotopic (exact) mass is 264 g/mol. The van der Waals surface area contributed by atoms with Crippen molar-refractivity contribution in [1.82, 2.24) is 0 Å². The van der Waals surface area contributed by atoms with Crippen LogP contribution in [0.5, 0.6) is 0 Å². The molecule has 0 spiro atoms. The largest absolute Gasteiger partial charge is 0.457 e. The van der Waals surface area contributed by atoms with Crippen molar-refractivity contribution in [2.45, 2.75) is 13.2 Å². The number of hydrogen-bond acceptors (Lipinski definition) is 2. The molecule has 76 valence electrons. The number of rotatable bonds is 1. The van der Waals surface area contributed by atoms with E-state index in [4.69, 9.17) is 9.15 Å². The molecule has 0 atom stereocenters. The lowest BCUT2D eigenvalue weighted by Gasteiger charge is -1.98. The van der Waals surface area contributed by atoms with Crippen molar-refractivity contribution in [3.8, 4) is 11.3 Å². The van der Waals surface area contributed by atoms with E-state index in [9.17, 15) is 0 Å². The third-order valence-corrected chi connectivity index (χ3v) is 3.38. The van der Waals surface area contributed by atoms with E-state index >= 15 is 0 Å². The Bertz CT molecular complexity index is 488. The van der Waals surface area contributed by atoms with Crippen LogP contribution in [0.25, 0.3) is 11.3 Å². The lowest BCUT2D eigenvalue weighted by molar-refractivity contribution is 0.124.